The second kappa shape index (κ2) is 8.46. The summed E-state index contributed by atoms with van der Waals surface area (Å²) < 4.78 is 2.04. The average Bonchev–Trinajstić information content (AvgIpc) is 3.16. The van der Waals surface area contributed by atoms with Gasteiger partial charge in [0, 0.05) is 38.3 Å². The second-order valence-electron chi connectivity index (χ2n) is 9.53. The highest BCUT2D eigenvalue weighted by Crippen LogP contribution is 2.63. The molecule has 1 amide bonds. The quantitative estimate of drug-likeness (QED) is 0.550. The van der Waals surface area contributed by atoms with Crippen molar-refractivity contribution in [3.05, 3.63) is 71.7 Å². The first-order valence-electron chi connectivity index (χ1n) is 11.4. The van der Waals surface area contributed by atoms with Gasteiger partial charge < -0.3 is 14.6 Å². The van der Waals surface area contributed by atoms with Gasteiger partial charge in [-0.1, -0.05) is 63.6 Å². The van der Waals surface area contributed by atoms with E-state index in [4.69, 9.17) is 4.98 Å². The van der Waals surface area contributed by atoms with Crippen molar-refractivity contribution in [2.45, 2.75) is 52.0 Å². The Hall–Kier alpha value is -2.66. The van der Waals surface area contributed by atoms with E-state index in [0.717, 1.165) is 43.7 Å². The lowest BCUT2D eigenvalue weighted by atomic mass is 9.88. The molecule has 1 N–H and O–H groups in total. The number of amides is 1. The van der Waals surface area contributed by atoms with Crippen LogP contribution in [0.4, 0.5) is 0 Å². The first kappa shape index (κ1) is 21.6. The van der Waals surface area contributed by atoms with Crippen LogP contribution in [0.5, 0.6) is 0 Å². The summed E-state index contributed by atoms with van der Waals surface area (Å²) in [5.41, 5.74) is 4.10. The number of rotatable bonds is 9. The minimum atomic E-state index is -0.00141. The SMILES string of the molecule is CCCCN(C)C(=O)c1nc2ccccn2c1CNC[C@]1(c2ccccc2)CC1(C)C. The van der Waals surface area contributed by atoms with E-state index in [0.29, 0.717) is 12.2 Å². The van der Waals surface area contributed by atoms with Gasteiger partial charge in [-0.15, -0.1) is 0 Å². The third kappa shape index (κ3) is 3.99. The molecule has 0 radical (unpaired) electrons. The van der Waals surface area contributed by atoms with Crippen LogP contribution in [-0.2, 0) is 12.0 Å². The molecule has 0 unspecified atom stereocenters. The average molecular weight is 419 g/mol. The molecule has 0 saturated heterocycles. The predicted molar refractivity (Wildman–Crippen MR) is 125 cm³/mol. The molecule has 0 aliphatic heterocycles. The van der Waals surface area contributed by atoms with Crippen molar-refractivity contribution < 1.29 is 4.79 Å². The van der Waals surface area contributed by atoms with E-state index in [2.05, 4.69) is 56.4 Å². The predicted octanol–water partition coefficient (Wildman–Crippen LogP) is 4.66. The normalized spacial score (nSPS) is 19.5. The van der Waals surface area contributed by atoms with Crippen molar-refractivity contribution in [1.29, 1.82) is 0 Å². The maximum absolute atomic E-state index is 13.2. The number of benzene rings is 1. The molecule has 3 aromatic rings. The number of imidazole rings is 1. The zero-order valence-electron chi connectivity index (χ0n) is 19.2. The van der Waals surface area contributed by atoms with Crippen LogP contribution in [0.3, 0.4) is 0 Å². The van der Waals surface area contributed by atoms with Gasteiger partial charge in [0.2, 0.25) is 0 Å². The van der Waals surface area contributed by atoms with E-state index in [9.17, 15) is 4.79 Å². The molecule has 1 aromatic carbocycles. The molecule has 4 rings (SSSR count). The Morgan fingerprint density at radius 1 is 1.16 bits per heavy atom. The third-order valence-electron chi connectivity index (χ3n) is 6.99. The van der Waals surface area contributed by atoms with Crippen LogP contribution in [0.1, 0.15) is 61.8 Å². The monoisotopic (exact) mass is 418 g/mol. The molecule has 31 heavy (non-hydrogen) atoms. The molecule has 2 aromatic heterocycles. The van der Waals surface area contributed by atoms with Crippen molar-refractivity contribution in [2.24, 2.45) is 5.41 Å². The van der Waals surface area contributed by atoms with Crippen molar-refractivity contribution >= 4 is 11.6 Å². The summed E-state index contributed by atoms with van der Waals surface area (Å²) in [5, 5.41) is 3.68. The molecule has 5 heteroatoms. The minimum absolute atomic E-state index is 0.00141. The fourth-order valence-corrected chi connectivity index (χ4v) is 4.82. The summed E-state index contributed by atoms with van der Waals surface area (Å²) in [6, 6.07) is 16.7. The summed E-state index contributed by atoms with van der Waals surface area (Å²) in [6.45, 7) is 9.06. The van der Waals surface area contributed by atoms with Crippen LogP contribution >= 0.6 is 0 Å². The number of fused-ring (bicyclic) bond motifs is 1. The van der Waals surface area contributed by atoms with Crippen LogP contribution in [0.15, 0.2) is 54.7 Å². The van der Waals surface area contributed by atoms with Crippen LogP contribution in [0.2, 0.25) is 0 Å². The van der Waals surface area contributed by atoms with E-state index >= 15 is 0 Å². The summed E-state index contributed by atoms with van der Waals surface area (Å²) in [6.07, 6.45) is 5.22. The number of pyridine rings is 1. The van der Waals surface area contributed by atoms with Crippen molar-refractivity contribution in [3.8, 4) is 0 Å². The van der Waals surface area contributed by atoms with E-state index < -0.39 is 0 Å². The highest BCUT2D eigenvalue weighted by atomic mass is 16.2. The van der Waals surface area contributed by atoms with E-state index in [1.807, 2.05) is 35.8 Å². The number of carbonyl (C=O) groups is 1. The lowest BCUT2D eigenvalue weighted by Crippen LogP contribution is -2.32. The van der Waals surface area contributed by atoms with Gasteiger partial charge in [0.05, 0.1) is 5.69 Å². The summed E-state index contributed by atoms with van der Waals surface area (Å²) in [4.78, 5) is 19.6. The number of nitrogens with one attached hydrogen (secondary N) is 1. The van der Waals surface area contributed by atoms with E-state index in [-0.39, 0.29) is 16.7 Å². The molecule has 1 fully saturated rings. The zero-order valence-corrected chi connectivity index (χ0v) is 19.2. The standard InChI is InChI=1S/C26H34N4O/c1-5-6-15-29(4)24(31)23-21(30-16-11-10-14-22(30)28-23)17-27-19-26(18-25(26,2)3)20-12-8-7-9-13-20/h7-14,16,27H,5-6,15,17-19H2,1-4H3/t26-/m0/s1. The lowest BCUT2D eigenvalue weighted by molar-refractivity contribution is 0.0786. The molecule has 1 saturated carbocycles. The van der Waals surface area contributed by atoms with Gasteiger partial charge in [-0.25, -0.2) is 4.98 Å². The topological polar surface area (TPSA) is 49.6 Å². The van der Waals surface area contributed by atoms with Gasteiger partial charge in [0.1, 0.15) is 5.65 Å². The Kier molecular flexibility index (Phi) is 5.89. The first-order chi connectivity index (χ1) is 14.9. The van der Waals surface area contributed by atoms with Crippen molar-refractivity contribution in [1.82, 2.24) is 19.6 Å². The molecule has 0 bridgehead atoms. The zero-order chi connectivity index (χ0) is 22.1. The highest BCUT2D eigenvalue weighted by Gasteiger charge is 2.61. The molecular formula is C26H34N4O. The number of carbonyl (C=O) groups excluding carboxylic acids is 1. The van der Waals surface area contributed by atoms with Crippen LogP contribution in [0, 0.1) is 5.41 Å². The van der Waals surface area contributed by atoms with E-state index in [1.165, 1.54) is 5.56 Å². The van der Waals surface area contributed by atoms with Gasteiger partial charge in [-0.05, 0) is 36.0 Å². The molecule has 1 aliphatic carbocycles. The maximum atomic E-state index is 13.2. The molecule has 5 nitrogen and oxygen atoms in total. The third-order valence-corrected chi connectivity index (χ3v) is 6.99. The van der Waals surface area contributed by atoms with Gasteiger partial charge in [-0.3, -0.25) is 4.79 Å². The Bertz CT molecular complexity index is 1060. The summed E-state index contributed by atoms with van der Waals surface area (Å²) in [7, 11) is 1.87. The van der Waals surface area contributed by atoms with Crippen LogP contribution in [0.25, 0.3) is 5.65 Å². The Balaban J connectivity index is 1.56. The fourth-order valence-electron chi connectivity index (χ4n) is 4.82. The van der Waals surface area contributed by atoms with E-state index in [1.54, 1.807) is 4.90 Å². The van der Waals surface area contributed by atoms with Gasteiger partial charge in [-0.2, -0.15) is 0 Å². The first-order valence-corrected chi connectivity index (χ1v) is 11.4. The Morgan fingerprint density at radius 2 is 1.87 bits per heavy atom. The Labute approximate surface area is 185 Å². The van der Waals surface area contributed by atoms with Gasteiger partial charge in [0.15, 0.2) is 5.69 Å². The Morgan fingerprint density at radius 3 is 2.55 bits per heavy atom. The largest absolute Gasteiger partial charge is 0.340 e. The molecule has 164 valence electrons. The van der Waals surface area contributed by atoms with Gasteiger partial charge >= 0.3 is 0 Å². The highest BCUT2D eigenvalue weighted by molar-refractivity contribution is 5.94. The van der Waals surface area contributed by atoms with Crippen LogP contribution in [-0.4, -0.2) is 40.3 Å². The smallest absolute Gasteiger partial charge is 0.274 e. The maximum Gasteiger partial charge on any atom is 0.274 e. The summed E-state index contributed by atoms with van der Waals surface area (Å²) >= 11 is 0. The summed E-state index contributed by atoms with van der Waals surface area (Å²) in [5.74, 6) is -0.00141. The second-order valence-corrected chi connectivity index (χ2v) is 9.53. The number of hydrogen-bond acceptors (Lipinski definition) is 3. The fraction of sp³-hybridized carbons (Fsp3) is 0.462. The van der Waals surface area contributed by atoms with Gasteiger partial charge in [0.25, 0.3) is 5.91 Å². The number of nitrogens with zero attached hydrogens (tertiary/aromatic N) is 3. The number of aromatic nitrogens is 2. The molecular weight excluding hydrogens is 384 g/mol. The minimum Gasteiger partial charge on any atom is -0.340 e. The molecule has 0 spiro atoms. The van der Waals surface area contributed by atoms with Crippen molar-refractivity contribution in [3.63, 3.8) is 0 Å². The van der Waals surface area contributed by atoms with Crippen LogP contribution < -0.4 is 5.32 Å². The molecule has 1 aliphatic rings. The molecule has 2 heterocycles. The lowest BCUT2D eigenvalue weighted by Gasteiger charge is -2.22. The molecule has 1 atom stereocenters. The number of unbranched alkanes of at least 4 members (excludes halogenated alkanes) is 1. The van der Waals surface area contributed by atoms with Crippen molar-refractivity contribution in [2.75, 3.05) is 20.1 Å². The number of hydrogen-bond donors (Lipinski definition) is 1.